The lowest BCUT2D eigenvalue weighted by atomic mass is 9.57. The Hall–Kier alpha value is -1.99. The molecule has 184 valence electrons. The molecule has 0 heterocycles. The normalized spacial score (nSPS) is 30.7. The number of nitrogens with one attached hydrogen (secondary N) is 2. The third-order valence-corrected chi connectivity index (χ3v) is 7.93. The standard InChI is InChI=1S/C26H40FN3O3/c1-24(2)17-21(29-23(32)18-7-6-8-19(27)15-18)26(12-11-25(3,33)16-20(24)26)10-9-22(31)28-13-14-30(4)5/h6-8,15,20-21,33H,9-14,16-17H2,1-5H3,(H,28,31)(H,29,32)/t20-,21-,25-,26-/m0/s1. The fraction of sp³-hybridized carbons (Fsp3) is 0.692. The summed E-state index contributed by atoms with van der Waals surface area (Å²) in [4.78, 5) is 27.7. The molecular formula is C26H40FN3O3. The minimum Gasteiger partial charge on any atom is -0.390 e. The topological polar surface area (TPSA) is 81.7 Å². The van der Waals surface area contributed by atoms with Gasteiger partial charge in [0, 0.05) is 31.1 Å². The number of hydrogen-bond acceptors (Lipinski definition) is 4. The summed E-state index contributed by atoms with van der Waals surface area (Å²) in [5, 5.41) is 17.1. The van der Waals surface area contributed by atoms with Gasteiger partial charge < -0.3 is 20.6 Å². The van der Waals surface area contributed by atoms with Crippen LogP contribution < -0.4 is 10.6 Å². The number of rotatable bonds is 8. The number of aliphatic hydroxyl groups is 1. The second-order valence-electron chi connectivity index (χ2n) is 11.4. The minimum atomic E-state index is -0.749. The van der Waals surface area contributed by atoms with E-state index in [4.69, 9.17) is 0 Å². The average Bonchev–Trinajstić information content (AvgIpc) is 2.92. The number of carbonyl (C=O) groups is 2. The summed E-state index contributed by atoms with van der Waals surface area (Å²) in [6, 6.07) is 5.59. The molecule has 4 atom stereocenters. The molecule has 1 aromatic carbocycles. The van der Waals surface area contributed by atoms with Crippen molar-refractivity contribution in [1.29, 1.82) is 0 Å². The van der Waals surface area contributed by atoms with Crippen LogP contribution in [0.15, 0.2) is 24.3 Å². The summed E-state index contributed by atoms with van der Waals surface area (Å²) in [6.45, 7) is 7.65. The van der Waals surface area contributed by atoms with Crippen LogP contribution in [0.5, 0.6) is 0 Å². The van der Waals surface area contributed by atoms with Gasteiger partial charge in [-0.25, -0.2) is 4.39 Å². The van der Waals surface area contributed by atoms with Crippen LogP contribution in [0.2, 0.25) is 0 Å². The Balaban J connectivity index is 1.81. The molecule has 7 heteroatoms. The number of nitrogens with zero attached hydrogens (tertiary/aromatic N) is 1. The fourth-order valence-electron chi connectivity index (χ4n) is 6.16. The number of amides is 2. The second kappa shape index (κ2) is 9.71. The number of carbonyl (C=O) groups excluding carboxylic acids is 2. The molecule has 0 aromatic heterocycles. The largest absolute Gasteiger partial charge is 0.390 e. The highest BCUT2D eigenvalue weighted by atomic mass is 19.1. The number of benzene rings is 1. The van der Waals surface area contributed by atoms with Crippen LogP contribution in [-0.2, 0) is 4.79 Å². The van der Waals surface area contributed by atoms with E-state index in [2.05, 4.69) is 24.5 Å². The van der Waals surface area contributed by atoms with E-state index in [1.54, 1.807) is 6.07 Å². The van der Waals surface area contributed by atoms with Gasteiger partial charge in [0.1, 0.15) is 5.82 Å². The van der Waals surface area contributed by atoms with E-state index in [0.29, 0.717) is 37.8 Å². The molecule has 0 bridgehead atoms. The Morgan fingerprint density at radius 3 is 2.58 bits per heavy atom. The van der Waals surface area contributed by atoms with Gasteiger partial charge in [-0.2, -0.15) is 0 Å². The highest BCUT2D eigenvalue weighted by Crippen LogP contribution is 2.63. The molecule has 0 radical (unpaired) electrons. The van der Waals surface area contributed by atoms with Gasteiger partial charge in [0.2, 0.25) is 5.91 Å². The summed E-state index contributed by atoms with van der Waals surface area (Å²) in [7, 11) is 3.94. The van der Waals surface area contributed by atoms with Gasteiger partial charge in [-0.3, -0.25) is 9.59 Å². The Labute approximate surface area is 197 Å². The summed E-state index contributed by atoms with van der Waals surface area (Å²) >= 11 is 0. The molecular weight excluding hydrogens is 421 g/mol. The smallest absolute Gasteiger partial charge is 0.251 e. The van der Waals surface area contributed by atoms with Crippen LogP contribution in [0, 0.1) is 22.6 Å². The third-order valence-electron chi connectivity index (χ3n) is 7.93. The van der Waals surface area contributed by atoms with Crippen molar-refractivity contribution in [3.63, 3.8) is 0 Å². The van der Waals surface area contributed by atoms with Gasteiger partial charge in [-0.15, -0.1) is 0 Å². The van der Waals surface area contributed by atoms with Crippen LogP contribution in [0.1, 0.15) is 69.7 Å². The third kappa shape index (κ3) is 5.93. The van der Waals surface area contributed by atoms with E-state index in [-0.39, 0.29) is 34.6 Å². The quantitative estimate of drug-likeness (QED) is 0.555. The van der Waals surface area contributed by atoms with Crippen LogP contribution in [-0.4, -0.2) is 60.6 Å². The molecule has 6 nitrogen and oxygen atoms in total. The summed E-state index contributed by atoms with van der Waals surface area (Å²) < 4.78 is 13.7. The first kappa shape index (κ1) is 25.6. The first-order valence-electron chi connectivity index (χ1n) is 12.0. The minimum absolute atomic E-state index is 0.0159. The van der Waals surface area contributed by atoms with E-state index in [1.165, 1.54) is 18.2 Å². The zero-order valence-electron chi connectivity index (χ0n) is 20.7. The Morgan fingerprint density at radius 2 is 1.91 bits per heavy atom. The Kier molecular flexibility index (Phi) is 7.54. The molecule has 2 aliphatic carbocycles. The second-order valence-corrected chi connectivity index (χ2v) is 11.4. The maximum atomic E-state index is 13.7. The van der Waals surface area contributed by atoms with Gasteiger partial charge in [0.05, 0.1) is 5.60 Å². The van der Waals surface area contributed by atoms with E-state index < -0.39 is 11.4 Å². The van der Waals surface area contributed by atoms with Crippen LogP contribution in [0.4, 0.5) is 4.39 Å². The Morgan fingerprint density at radius 1 is 1.18 bits per heavy atom. The average molecular weight is 462 g/mol. The summed E-state index contributed by atoms with van der Waals surface area (Å²) in [5.74, 6) is -0.545. The molecule has 0 spiro atoms. The van der Waals surface area contributed by atoms with Crippen LogP contribution >= 0.6 is 0 Å². The predicted octanol–water partition coefficient (Wildman–Crippen LogP) is 3.35. The summed E-state index contributed by atoms with van der Waals surface area (Å²) in [6.07, 6.45) is 3.82. The van der Waals surface area contributed by atoms with Crippen molar-refractivity contribution in [1.82, 2.24) is 15.5 Å². The van der Waals surface area contributed by atoms with Crippen molar-refractivity contribution in [3.05, 3.63) is 35.6 Å². The fourth-order valence-corrected chi connectivity index (χ4v) is 6.16. The van der Waals surface area contributed by atoms with Crippen molar-refractivity contribution < 1.29 is 19.1 Å². The Bertz CT molecular complexity index is 870. The van der Waals surface area contributed by atoms with Crippen molar-refractivity contribution in [2.75, 3.05) is 27.2 Å². The number of fused-ring (bicyclic) bond motifs is 1. The molecule has 2 fully saturated rings. The lowest BCUT2D eigenvalue weighted by Crippen LogP contribution is -2.52. The molecule has 0 unspecified atom stereocenters. The van der Waals surface area contributed by atoms with Gasteiger partial charge >= 0.3 is 0 Å². The van der Waals surface area contributed by atoms with E-state index in [0.717, 1.165) is 19.4 Å². The molecule has 1 aromatic rings. The van der Waals surface area contributed by atoms with Crippen LogP contribution in [0.3, 0.4) is 0 Å². The maximum Gasteiger partial charge on any atom is 0.251 e. The van der Waals surface area contributed by atoms with Crippen LogP contribution in [0.25, 0.3) is 0 Å². The molecule has 0 saturated heterocycles. The molecule has 2 amide bonds. The van der Waals surface area contributed by atoms with Crippen molar-refractivity contribution in [2.45, 2.75) is 70.9 Å². The first-order chi connectivity index (χ1) is 15.3. The van der Waals surface area contributed by atoms with E-state index in [9.17, 15) is 19.1 Å². The maximum absolute atomic E-state index is 13.7. The zero-order chi connectivity index (χ0) is 24.4. The highest BCUT2D eigenvalue weighted by molar-refractivity contribution is 5.94. The van der Waals surface area contributed by atoms with Gasteiger partial charge in [0.15, 0.2) is 0 Å². The molecule has 2 saturated carbocycles. The molecule has 2 aliphatic rings. The number of halogens is 1. The van der Waals surface area contributed by atoms with Crippen molar-refractivity contribution >= 4 is 11.8 Å². The lowest BCUT2D eigenvalue weighted by Gasteiger charge is -2.50. The van der Waals surface area contributed by atoms with E-state index in [1.807, 2.05) is 25.9 Å². The molecule has 3 rings (SSSR count). The summed E-state index contributed by atoms with van der Waals surface area (Å²) in [5.41, 5.74) is -0.837. The zero-order valence-corrected chi connectivity index (χ0v) is 20.7. The molecule has 3 N–H and O–H groups in total. The molecule has 33 heavy (non-hydrogen) atoms. The predicted molar refractivity (Wildman–Crippen MR) is 127 cm³/mol. The van der Waals surface area contributed by atoms with Gasteiger partial charge in [-0.1, -0.05) is 19.9 Å². The first-order valence-corrected chi connectivity index (χ1v) is 12.0. The van der Waals surface area contributed by atoms with Gasteiger partial charge in [-0.05, 0) is 88.1 Å². The number of hydrogen-bond donors (Lipinski definition) is 3. The van der Waals surface area contributed by atoms with Gasteiger partial charge in [0.25, 0.3) is 5.91 Å². The van der Waals surface area contributed by atoms with Crippen molar-refractivity contribution in [2.24, 2.45) is 16.7 Å². The van der Waals surface area contributed by atoms with E-state index >= 15 is 0 Å². The monoisotopic (exact) mass is 461 g/mol. The highest BCUT2D eigenvalue weighted by Gasteiger charge is 2.61. The lowest BCUT2D eigenvalue weighted by molar-refractivity contribution is -0.123. The molecule has 0 aliphatic heterocycles. The SMILES string of the molecule is CN(C)CCNC(=O)CC[C@]12CC[C@](C)(O)C[C@H]1C(C)(C)C[C@@H]2NC(=O)c1cccc(F)c1. The van der Waals surface area contributed by atoms with Crippen molar-refractivity contribution in [3.8, 4) is 0 Å². The number of likely N-dealkylation sites (N-methyl/N-ethyl adjacent to an activating group) is 1.